The maximum atomic E-state index is 9.98. The van der Waals surface area contributed by atoms with Crippen molar-refractivity contribution in [3.8, 4) is 0 Å². The fourth-order valence-electron chi connectivity index (χ4n) is 0.631. The Hall–Kier alpha value is -1.89. The van der Waals surface area contributed by atoms with Crippen LogP contribution in [0.3, 0.4) is 0 Å². The number of rotatable bonds is 4. The summed E-state index contributed by atoms with van der Waals surface area (Å²) >= 11 is 0. The summed E-state index contributed by atoms with van der Waals surface area (Å²) in [6.07, 6.45) is 5.97. The zero-order valence-corrected chi connectivity index (χ0v) is 8.13. The molecule has 0 bridgehead atoms. The molecular formula is C12H12O2. The molecule has 0 saturated carbocycles. The zero-order chi connectivity index (χ0) is 10.6. The average molecular weight is 188 g/mol. The summed E-state index contributed by atoms with van der Waals surface area (Å²) in [7, 11) is 0. The Labute approximate surface area is 83.6 Å². The summed E-state index contributed by atoms with van der Waals surface area (Å²) in [6.45, 7) is 2.12. The summed E-state index contributed by atoms with van der Waals surface area (Å²) in [4.78, 5) is 9.98. The molecular weight excluding hydrogens is 176 g/mol. The van der Waals surface area contributed by atoms with Crippen LogP contribution in [0.1, 0.15) is 26.2 Å². The molecule has 0 heterocycles. The van der Waals surface area contributed by atoms with Crippen molar-refractivity contribution in [2.75, 3.05) is 0 Å². The van der Waals surface area contributed by atoms with E-state index >= 15 is 0 Å². The molecule has 0 aromatic heterocycles. The van der Waals surface area contributed by atoms with Gasteiger partial charge in [-0.05, 0) is 36.1 Å². The summed E-state index contributed by atoms with van der Waals surface area (Å²) in [5, 5.41) is 8.19. The monoisotopic (exact) mass is 188 g/mol. The van der Waals surface area contributed by atoms with Gasteiger partial charge in [0.2, 0.25) is 0 Å². The molecule has 0 fully saturated rings. The highest BCUT2D eigenvalue weighted by atomic mass is 16.4. The highest BCUT2D eigenvalue weighted by Gasteiger charge is 1.77. The average Bonchev–Trinajstić information content (AvgIpc) is 2.15. The second kappa shape index (κ2) is 9.20. The van der Waals surface area contributed by atoms with Crippen LogP contribution < -0.4 is 0 Å². The SMILES string of the molecule is CCCCC=C=C=C=C=C=CC(=O)O. The van der Waals surface area contributed by atoms with Crippen molar-refractivity contribution in [3.63, 3.8) is 0 Å². The van der Waals surface area contributed by atoms with Gasteiger partial charge in [-0.2, -0.15) is 0 Å². The van der Waals surface area contributed by atoms with Gasteiger partial charge in [-0.3, -0.25) is 0 Å². The fourth-order valence-corrected chi connectivity index (χ4v) is 0.631. The van der Waals surface area contributed by atoms with Crippen molar-refractivity contribution in [2.24, 2.45) is 0 Å². The van der Waals surface area contributed by atoms with Crippen molar-refractivity contribution in [2.45, 2.75) is 26.2 Å². The van der Waals surface area contributed by atoms with Crippen LogP contribution in [0.15, 0.2) is 40.8 Å². The van der Waals surface area contributed by atoms with Gasteiger partial charge in [-0.1, -0.05) is 24.8 Å². The van der Waals surface area contributed by atoms with E-state index in [1.807, 2.05) is 6.08 Å². The van der Waals surface area contributed by atoms with Gasteiger partial charge in [-0.25, -0.2) is 4.79 Å². The lowest BCUT2D eigenvalue weighted by Gasteiger charge is -1.81. The first-order valence-electron chi connectivity index (χ1n) is 4.41. The molecule has 0 aromatic rings. The zero-order valence-electron chi connectivity index (χ0n) is 8.13. The molecule has 2 nitrogen and oxygen atoms in total. The molecule has 2 heteroatoms. The van der Waals surface area contributed by atoms with E-state index in [9.17, 15) is 4.79 Å². The van der Waals surface area contributed by atoms with E-state index in [2.05, 4.69) is 35.6 Å². The highest BCUT2D eigenvalue weighted by Crippen LogP contribution is 1.92. The molecule has 0 aliphatic rings. The third-order valence-electron chi connectivity index (χ3n) is 1.27. The number of hydrogen-bond donors (Lipinski definition) is 1. The summed E-state index contributed by atoms with van der Waals surface area (Å²) in [5.41, 5.74) is 12.5. The van der Waals surface area contributed by atoms with E-state index < -0.39 is 5.97 Å². The van der Waals surface area contributed by atoms with Crippen molar-refractivity contribution < 1.29 is 9.90 Å². The van der Waals surface area contributed by atoms with Crippen LogP contribution >= 0.6 is 0 Å². The second-order valence-electron chi connectivity index (χ2n) is 2.49. The predicted octanol–water partition coefficient (Wildman–Crippen LogP) is 2.59. The number of aliphatic carboxylic acids is 1. The lowest BCUT2D eigenvalue weighted by molar-refractivity contribution is -0.131. The molecule has 72 valence electrons. The van der Waals surface area contributed by atoms with Crippen LogP contribution in [0, 0.1) is 0 Å². The smallest absolute Gasteiger partial charge is 0.336 e. The molecule has 1 N–H and O–H groups in total. The number of allylic oxidation sites excluding steroid dienone is 1. The number of carboxylic acid groups (broad SMARTS) is 1. The maximum Gasteiger partial charge on any atom is 0.336 e. The lowest BCUT2D eigenvalue weighted by atomic mass is 10.2. The van der Waals surface area contributed by atoms with E-state index in [0.717, 1.165) is 25.3 Å². The molecule has 0 rings (SSSR count). The largest absolute Gasteiger partial charge is 0.478 e. The number of carbonyl (C=O) groups is 1. The molecule has 0 aliphatic carbocycles. The van der Waals surface area contributed by atoms with E-state index in [0.29, 0.717) is 0 Å². The Morgan fingerprint density at radius 1 is 1.29 bits per heavy atom. The molecule has 0 unspecified atom stereocenters. The van der Waals surface area contributed by atoms with Gasteiger partial charge in [0.15, 0.2) is 0 Å². The van der Waals surface area contributed by atoms with Gasteiger partial charge in [0.25, 0.3) is 0 Å². The molecule has 14 heavy (non-hydrogen) atoms. The minimum atomic E-state index is -1.05. The standard InChI is InChI=1S/C12H12O2/c1-2-3-4-5-6-7-8-9-10-11-12(13)14/h5,11H,2-4H2,1H3,(H,13,14). The first-order valence-corrected chi connectivity index (χ1v) is 4.41. The van der Waals surface area contributed by atoms with Gasteiger partial charge in [0.05, 0.1) is 6.08 Å². The number of carboxylic acids is 1. The van der Waals surface area contributed by atoms with Gasteiger partial charge in [0.1, 0.15) is 0 Å². The molecule has 0 aliphatic heterocycles. The highest BCUT2D eigenvalue weighted by molar-refractivity contribution is 5.79. The van der Waals surface area contributed by atoms with Gasteiger partial charge >= 0.3 is 5.97 Å². The summed E-state index contributed by atoms with van der Waals surface area (Å²) in [6, 6.07) is 0. The molecule has 0 aromatic carbocycles. The Bertz CT molecular complexity index is 373. The van der Waals surface area contributed by atoms with E-state index in [-0.39, 0.29) is 0 Å². The van der Waals surface area contributed by atoms with Crippen LogP contribution in [0.4, 0.5) is 0 Å². The first-order chi connectivity index (χ1) is 6.77. The first kappa shape index (κ1) is 12.1. The van der Waals surface area contributed by atoms with Gasteiger partial charge < -0.3 is 5.11 Å². The van der Waals surface area contributed by atoms with Crippen LogP contribution in [0.5, 0.6) is 0 Å². The number of unbranched alkanes of at least 4 members (excludes halogenated alkanes) is 2. The van der Waals surface area contributed by atoms with Crippen LogP contribution in [-0.4, -0.2) is 11.1 Å². The molecule has 0 radical (unpaired) electrons. The van der Waals surface area contributed by atoms with Crippen molar-refractivity contribution in [1.82, 2.24) is 0 Å². The Morgan fingerprint density at radius 2 is 2.00 bits per heavy atom. The van der Waals surface area contributed by atoms with E-state index in [1.54, 1.807) is 0 Å². The second-order valence-corrected chi connectivity index (χ2v) is 2.49. The van der Waals surface area contributed by atoms with Crippen molar-refractivity contribution in [3.05, 3.63) is 40.8 Å². The van der Waals surface area contributed by atoms with E-state index in [1.165, 1.54) is 0 Å². The normalized spacial score (nSPS) is 6.93. The lowest BCUT2D eigenvalue weighted by Crippen LogP contribution is -1.82. The quantitative estimate of drug-likeness (QED) is 0.418. The fraction of sp³-hybridized carbons (Fsp3) is 0.333. The van der Waals surface area contributed by atoms with Crippen LogP contribution in [0.2, 0.25) is 0 Å². The van der Waals surface area contributed by atoms with Crippen molar-refractivity contribution >= 4 is 5.97 Å². The summed E-state index contributed by atoms with van der Waals surface area (Å²) in [5.74, 6) is -1.05. The number of hydrogen-bond acceptors (Lipinski definition) is 1. The van der Waals surface area contributed by atoms with Gasteiger partial charge in [0, 0.05) is 0 Å². The third kappa shape index (κ3) is 10.1. The maximum absolute atomic E-state index is 9.98. The van der Waals surface area contributed by atoms with Crippen LogP contribution in [-0.2, 0) is 4.79 Å². The Balaban J connectivity index is 4.35. The molecule has 0 atom stereocenters. The third-order valence-corrected chi connectivity index (χ3v) is 1.27. The van der Waals surface area contributed by atoms with Crippen molar-refractivity contribution in [1.29, 1.82) is 0 Å². The topological polar surface area (TPSA) is 37.3 Å². The minimum Gasteiger partial charge on any atom is -0.478 e. The predicted molar refractivity (Wildman–Crippen MR) is 53.9 cm³/mol. The molecule has 0 amide bonds. The molecule has 0 spiro atoms. The van der Waals surface area contributed by atoms with Gasteiger partial charge in [-0.15, -0.1) is 0 Å². The molecule has 0 saturated heterocycles. The van der Waals surface area contributed by atoms with Crippen LogP contribution in [0.25, 0.3) is 0 Å². The van der Waals surface area contributed by atoms with E-state index in [4.69, 9.17) is 5.11 Å². The summed E-state index contributed by atoms with van der Waals surface area (Å²) < 4.78 is 0. The Kier molecular flexibility index (Phi) is 7.96. The Morgan fingerprint density at radius 3 is 2.64 bits per heavy atom. The minimum absolute atomic E-state index is 0.857.